The summed E-state index contributed by atoms with van der Waals surface area (Å²) in [7, 11) is 2.20. The van der Waals surface area contributed by atoms with Gasteiger partial charge >= 0.3 is 0 Å². The van der Waals surface area contributed by atoms with Crippen molar-refractivity contribution in [1.29, 1.82) is 0 Å². The van der Waals surface area contributed by atoms with Crippen LogP contribution in [0.4, 0.5) is 0 Å². The lowest BCUT2D eigenvalue weighted by atomic mass is 9.83. The second-order valence-corrected chi connectivity index (χ2v) is 7.73. The Bertz CT molecular complexity index is 697. The van der Waals surface area contributed by atoms with Crippen LogP contribution in [0.3, 0.4) is 0 Å². The number of hydrogen-bond donors (Lipinski definition) is 0. The molecule has 0 bridgehead atoms. The number of aryl methyl sites for hydroxylation is 1. The summed E-state index contributed by atoms with van der Waals surface area (Å²) in [5.74, 6) is 2.42. The van der Waals surface area contributed by atoms with Crippen molar-refractivity contribution in [1.82, 2.24) is 0 Å². The molecule has 1 heterocycles. The first-order chi connectivity index (χ1) is 11.2. The molecular formula is C22H28N+. The van der Waals surface area contributed by atoms with Crippen LogP contribution in [-0.2, 0) is 7.05 Å². The molecule has 0 N–H and O–H groups in total. The monoisotopic (exact) mass is 306 g/mol. The molecule has 2 aliphatic carbocycles. The van der Waals surface area contributed by atoms with E-state index < -0.39 is 0 Å². The van der Waals surface area contributed by atoms with E-state index in [0.717, 1.165) is 17.8 Å². The molecule has 1 heteroatoms. The first kappa shape index (κ1) is 14.9. The second-order valence-electron chi connectivity index (χ2n) is 7.73. The molecule has 4 rings (SSSR count). The van der Waals surface area contributed by atoms with Crippen molar-refractivity contribution < 1.29 is 4.57 Å². The van der Waals surface area contributed by atoms with E-state index in [1.54, 1.807) is 5.56 Å². The van der Waals surface area contributed by atoms with Gasteiger partial charge in [0.2, 0.25) is 0 Å². The van der Waals surface area contributed by atoms with Gasteiger partial charge in [0.05, 0.1) is 0 Å². The summed E-state index contributed by atoms with van der Waals surface area (Å²) < 4.78 is 2.34. The van der Waals surface area contributed by atoms with Gasteiger partial charge < -0.3 is 0 Å². The molecule has 2 aromatic rings. The minimum absolute atomic E-state index is 0.780. The van der Waals surface area contributed by atoms with Crippen molar-refractivity contribution in [2.75, 3.05) is 0 Å². The van der Waals surface area contributed by atoms with E-state index in [9.17, 15) is 0 Å². The Morgan fingerprint density at radius 3 is 2.43 bits per heavy atom. The third-order valence-corrected chi connectivity index (χ3v) is 5.96. The minimum Gasteiger partial charge on any atom is -0.204 e. The zero-order valence-corrected chi connectivity index (χ0v) is 14.5. The zero-order valence-electron chi connectivity index (χ0n) is 14.5. The summed E-state index contributed by atoms with van der Waals surface area (Å²) in [5.41, 5.74) is 5.76. The number of pyridine rings is 1. The van der Waals surface area contributed by atoms with Crippen molar-refractivity contribution in [3.05, 3.63) is 53.9 Å². The van der Waals surface area contributed by atoms with Crippen LogP contribution in [-0.4, -0.2) is 0 Å². The predicted octanol–water partition coefficient (Wildman–Crippen LogP) is 5.35. The minimum atomic E-state index is 0.780. The molecule has 23 heavy (non-hydrogen) atoms. The fourth-order valence-corrected chi connectivity index (χ4v) is 4.32. The Kier molecular flexibility index (Phi) is 3.97. The quantitative estimate of drug-likeness (QED) is 0.673. The van der Waals surface area contributed by atoms with E-state index in [0.29, 0.717) is 0 Å². The van der Waals surface area contributed by atoms with Gasteiger partial charge in [0.25, 0.3) is 0 Å². The van der Waals surface area contributed by atoms with Crippen LogP contribution in [0.15, 0.2) is 42.6 Å². The number of nitrogens with zero attached hydrogens (tertiary/aromatic N) is 1. The molecule has 1 nitrogen and oxygen atoms in total. The predicted molar refractivity (Wildman–Crippen MR) is 95.4 cm³/mol. The number of rotatable bonds is 3. The van der Waals surface area contributed by atoms with Crippen LogP contribution < -0.4 is 4.57 Å². The highest BCUT2D eigenvalue weighted by molar-refractivity contribution is 5.63. The van der Waals surface area contributed by atoms with Gasteiger partial charge in [0.15, 0.2) is 11.9 Å². The largest absolute Gasteiger partial charge is 0.204 e. The number of hydrogen-bond acceptors (Lipinski definition) is 0. The molecule has 2 fully saturated rings. The van der Waals surface area contributed by atoms with Gasteiger partial charge in [-0.2, -0.15) is 0 Å². The Balaban J connectivity index is 1.61. The summed E-state index contributed by atoms with van der Waals surface area (Å²) in [6, 6.07) is 13.9. The van der Waals surface area contributed by atoms with Crippen molar-refractivity contribution >= 4 is 0 Å². The SMILES string of the molecule is C[C@@H]1CC1c1ccc(-c2cccc(C3CCCCC3)c2)c[n+]1C. The number of benzene rings is 1. The number of aromatic nitrogens is 1. The van der Waals surface area contributed by atoms with Crippen LogP contribution in [0, 0.1) is 5.92 Å². The Morgan fingerprint density at radius 1 is 0.957 bits per heavy atom. The fourth-order valence-electron chi connectivity index (χ4n) is 4.32. The molecule has 2 atom stereocenters. The third kappa shape index (κ3) is 3.06. The third-order valence-electron chi connectivity index (χ3n) is 5.96. The van der Waals surface area contributed by atoms with E-state index in [1.807, 2.05) is 0 Å². The van der Waals surface area contributed by atoms with Gasteiger partial charge in [-0.15, -0.1) is 0 Å². The fraction of sp³-hybridized carbons (Fsp3) is 0.500. The maximum Gasteiger partial charge on any atom is 0.184 e. The maximum absolute atomic E-state index is 2.44. The first-order valence-corrected chi connectivity index (χ1v) is 9.32. The standard InChI is InChI=1S/C22H28N/c1-16-13-21(16)22-12-11-20(15-23(22)2)19-10-6-9-18(14-19)17-7-4-3-5-8-17/h6,9-12,14-17,21H,3-5,7-8,13H2,1-2H3/q+1/t16-,21?/m1/s1. The molecular weight excluding hydrogens is 278 g/mol. The second kappa shape index (κ2) is 6.11. The summed E-state index contributed by atoms with van der Waals surface area (Å²) in [4.78, 5) is 0. The van der Waals surface area contributed by atoms with Gasteiger partial charge in [-0.25, -0.2) is 4.57 Å². The van der Waals surface area contributed by atoms with Crippen LogP contribution in [0.2, 0.25) is 0 Å². The Morgan fingerprint density at radius 2 is 1.74 bits per heavy atom. The van der Waals surface area contributed by atoms with Crippen molar-refractivity contribution in [3.63, 3.8) is 0 Å². The van der Waals surface area contributed by atoms with Gasteiger partial charge in [-0.3, -0.25) is 0 Å². The lowest BCUT2D eigenvalue weighted by Gasteiger charge is -2.22. The van der Waals surface area contributed by atoms with Crippen molar-refractivity contribution in [2.24, 2.45) is 13.0 Å². The molecule has 120 valence electrons. The first-order valence-electron chi connectivity index (χ1n) is 9.32. The average Bonchev–Trinajstić information content (AvgIpc) is 3.32. The zero-order chi connectivity index (χ0) is 15.8. The molecule has 1 unspecified atom stereocenters. The molecule has 0 amide bonds. The molecule has 0 spiro atoms. The van der Waals surface area contributed by atoms with Gasteiger partial charge in [0, 0.05) is 17.5 Å². The highest BCUT2D eigenvalue weighted by Crippen LogP contribution is 2.45. The normalized spacial score (nSPS) is 24.6. The summed E-state index contributed by atoms with van der Waals surface area (Å²) in [6.07, 6.45) is 10.6. The molecule has 2 saturated carbocycles. The molecule has 0 saturated heterocycles. The molecule has 2 aliphatic rings. The Hall–Kier alpha value is -1.63. The lowest BCUT2D eigenvalue weighted by Crippen LogP contribution is -2.33. The van der Waals surface area contributed by atoms with Gasteiger partial charge in [-0.05, 0) is 48.3 Å². The Labute approximate surface area is 140 Å². The lowest BCUT2D eigenvalue weighted by molar-refractivity contribution is -0.679. The van der Waals surface area contributed by atoms with E-state index in [1.165, 1.54) is 55.3 Å². The molecule has 1 aromatic heterocycles. The van der Waals surface area contributed by atoms with E-state index in [2.05, 4.69) is 61.1 Å². The van der Waals surface area contributed by atoms with Crippen LogP contribution >= 0.6 is 0 Å². The molecule has 0 radical (unpaired) electrons. The van der Waals surface area contributed by atoms with Crippen LogP contribution in [0.5, 0.6) is 0 Å². The smallest absolute Gasteiger partial charge is 0.184 e. The summed E-state index contributed by atoms with van der Waals surface area (Å²) in [6.45, 7) is 2.35. The topological polar surface area (TPSA) is 3.88 Å². The van der Waals surface area contributed by atoms with Crippen LogP contribution in [0.25, 0.3) is 11.1 Å². The van der Waals surface area contributed by atoms with Gasteiger partial charge in [0.1, 0.15) is 7.05 Å². The highest BCUT2D eigenvalue weighted by atomic mass is 14.9. The highest BCUT2D eigenvalue weighted by Gasteiger charge is 2.39. The summed E-state index contributed by atoms with van der Waals surface area (Å²) >= 11 is 0. The molecule has 1 aromatic carbocycles. The van der Waals surface area contributed by atoms with E-state index in [-0.39, 0.29) is 0 Å². The molecule has 0 aliphatic heterocycles. The average molecular weight is 306 g/mol. The van der Waals surface area contributed by atoms with Crippen molar-refractivity contribution in [3.8, 4) is 11.1 Å². The van der Waals surface area contributed by atoms with E-state index in [4.69, 9.17) is 0 Å². The van der Waals surface area contributed by atoms with Crippen molar-refractivity contribution in [2.45, 2.75) is 57.3 Å². The summed E-state index contributed by atoms with van der Waals surface area (Å²) in [5, 5.41) is 0. The van der Waals surface area contributed by atoms with Crippen LogP contribution in [0.1, 0.15) is 68.5 Å². The van der Waals surface area contributed by atoms with Gasteiger partial charge in [-0.1, -0.05) is 50.5 Å². The van der Waals surface area contributed by atoms with E-state index >= 15 is 0 Å². The maximum atomic E-state index is 2.44.